The van der Waals surface area contributed by atoms with Crippen LogP contribution in [0.1, 0.15) is 5.56 Å². The predicted octanol–water partition coefficient (Wildman–Crippen LogP) is 3.76. The average Bonchev–Trinajstić information content (AvgIpc) is 2.60. The third kappa shape index (κ3) is 5.47. The molecule has 132 valence electrons. The van der Waals surface area contributed by atoms with Crippen LogP contribution in [-0.2, 0) is 4.79 Å². The normalized spacial score (nSPS) is 10.6. The molecule has 0 aliphatic carbocycles. The van der Waals surface area contributed by atoms with Gasteiger partial charge in [0.1, 0.15) is 5.75 Å². The Hall–Kier alpha value is -2.06. The van der Waals surface area contributed by atoms with Crippen molar-refractivity contribution in [3.63, 3.8) is 0 Å². The van der Waals surface area contributed by atoms with Crippen molar-refractivity contribution < 1.29 is 19.0 Å². The molecule has 0 fully saturated rings. The molecule has 0 spiro atoms. The van der Waals surface area contributed by atoms with E-state index in [0.29, 0.717) is 22.8 Å². The Kier molecular flexibility index (Phi) is 7.27. The second-order valence-corrected chi connectivity index (χ2v) is 6.51. The Morgan fingerprint density at radius 1 is 1.16 bits per heavy atom. The number of carbonyl (C=O) groups excluding carboxylic acids is 1. The molecule has 0 bridgehead atoms. The number of nitrogens with zero attached hydrogens (tertiary/aromatic N) is 1. The molecule has 0 aliphatic heterocycles. The molecule has 0 atom stereocenters. The quantitative estimate of drug-likeness (QED) is 0.493. The summed E-state index contributed by atoms with van der Waals surface area (Å²) in [6, 6.07) is 10.8. The van der Waals surface area contributed by atoms with Gasteiger partial charge < -0.3 is 14.2 Å². The van der Waals surface area contributed by atoms with Crippen molar-refractivity contribution in [2.24, 2.45) is 5.10 Å². The van der Waals surface area contributed by atoms with Gasteiger partial charge in [0.05, 0.1) is 24.9 Å². The zero-order valence-electron chi connectivity index (χ0n) is 13.6. The second-order valence-electron chi connectivity index (χ2n) is 4.74. The van der Waals surface area contributed by atoms with E-state index in [1.807, 2.05) is 18.2 Å². The summed E-state index contributed by atoms with van der Waals surface area (Å²) >= 11 is 6.80. The minimum Gasteiger partial charge on any atom is -0.495 e. The lowest BCUT2D eigenvalue weighted by atomic mass is 10.2. The maximum absolute atomic E-state index is 11.9. The second kappa shape index (κ2) is 9.43. The summed E-state index contributed by atoms with van der Waals surface area (Å²) in [5.74, 6) is 1.27. The molecule has 0 unspecified atom stereocenters. The minimum absolute atomic E-state index is 0.184. The van der Waals surface area contributed by atoms with E-state index < -0.39 is 5.91 Å². The van der Waals surface area contributed by atoms with E-state index in [2.05, 4.69) is 42.4 Å². The molecule has 1 N–H and O–H groups in total. The minimum atomic E-state index is -0.393. The number of hydrogen-bond donors (Lipinski definition) is 1. The van der Waals surface area contributed by atoms with Crippen molar-refractivity contribution in [1.29, 1.82) is 0 Å². The molecule has 0 aromatic heterocycles. The SMILES string of the molecule is COc1ccccc1OCC(=O)N/N=C/c1cc(Br)cc(Br)c1OC. The van der Waals surface area contributed by atoms with Crippen molar-refractivity contribution in [2.45, 2.75) is 0 Å². The first kappa shape index (κ1) is 19.3. The Bertz CT molecular complexity index is 781. The van der Waals surface area contributed by atoms with Crippen LogP contribution in [-0.4, -0.2) is 32.9 Å². The highest BCUT2D eigenvalue weighted by molar-refractivity contribution is 9.11. The standard InChI is InChI=1S/C17H16Br2N2O4/c1-23-14-5-3-4-6-15(14)25-10-16(22)21-20-9-11-7-12(18)8-13(19)17(11)24-2/h3-9H,10H2,1-2H3,(H,21,22)/b20-9+. The number of amides is 1. The van der Waals surface area contributed by atoms with E-state index in [-0.39, 0.29) is 6.61 Å². The van der Waals surface area contributed by atoms with E-state index in [1.165, 1.54) is 13.3 Å². The van der Waals surface area contributed by atoms with Crippen molar-refractivity contribution in [1.82, 2.24) is 5.43 Å². The average molecular weight is 472 g/mol. The highest BCUT2D eigenvalue weighted by atomic mass is 79.9. The van der Waals surface area contributed by atoms with Crippen molar-refractivity contribution in [2.75, 3.05) is 20.8 Å². The van der Waals surface area contributed by atoms with Crippen LogP contribution < -0.4 is 19.6 Å². The van der Waals surface area contributed by atoms with Gasteiger partial charge in [-0.05, 0) is 40.2 Å². The maximum atomic E-state index is 11.9. The molecule has 2 aromatic rings. The van der Waals surface area contributed by atoms with E-state index in [4.69, 9.17) is 14.2 Å². The summed E-state index contributed by atoms with van der Waals surface area (Å²) < 4.78 is 17.5. The van der Waals surface area contributed by atoms with E-state index in [9.17, 15) is 4.79 Å². The molecule has 0 radical (unpaired) electrons. The van der Waals surface area contributed by atoms with Gasteiger partial charge in [-0.3, -0.25) is 4.79 Å². The summed E-state index contributed by atoms with van der Waals surface area (Å²) in [4.78, 5) is 11.9. The van der Waals surface area contributed by atoms with Gasteiger partial charge in [-0.2, -0.15) is 5.10 Å². The summed E-state index contributed by atoms with van der Waals surface area (Å²) in [5, 5.41) is 3.93. The number of carbonyl (C=O) groups is 1. The van der Waals surface area contributed by atoms with Gasteiger partial charge >= 0.3 is 0 Å². The van der Waals surface area contributed by atoms with Gasteiger partial charge in [0.15, 0.2) is 18.1 Å². The molecular formula is C17H16Br2N2O4. The molecule has 8 heteroatoms. The highest BCUT2D eigenvalue weighted by Crippen LogP contribution is 2.31. The van der Waals surface area contributed by atoms with Crippen molar-refractivity contribution in [3.8, 4) is 17.2 Å². The molecule has 2 aromatic carbocycles. The van der Waals surface area contributed by atoms with Gasteiger partial charge in [0, 0.05) is 10.0 Å². The Balaban J connectivity index is 1.95. The van der Waals surface area contributed by atoms with Gasteiger partial charge in [-0.15, -0.1) is 0 Å². The van der Waals surface area contributed by atoms with E-state index in [0.717, 1.165) is 8.95 Å². The maximum Gasteiger partial charge on any atom is 0.277 e. The molecule has 2 rings (SSSR count). The largest absolute Gasteiger partial charge is 0.495 e. The lowest BCUT2D eigenvalue weighted by Gasteiger charge is -2.09. The molecule has 0 heterocycles. The molecule has 6 nitrogen and oxygen atoms in total. The Morgan fingerprint density at radius 3 is 2.56 bits per heavy atom. The monoisotopic (exact) mass is 470 g/mol. The molecule has 0 saturated carbocycles. The number of rotatable bonds is 7. The third-order valence-corrected chi connectivity index (χ3v) is 4.11. The Labute approximate surface area is 162 Å². The summed E-state index contributed by atoms with van der Waals surface area (Å²) in [6.45, 7) is -0.184. The van der Waals surface area contributed by atoms with Crippen LogP contribution in [0.25, 0.3) is 0 Å². The third-order valence-electron chi connectivity index (χ3n) is 3.06. The first-order chi connectivity index (χ1) is 12.0. The zero-order chi connectivity index (χ0) is 18.2. The van der Waals surface area contributed by atoms with Gasteiger partial charge in [-0.1, -0.05) is 28.1 Å². The van der Waals surface area contributed by atoms with Gasteiger partial charge in [0.25, 0.3) is 5.91 Å². The van der Waals surface area contributed by atoms with Crippen LogP contribution in [0.5, 0.6) is 17.2 Å². The molecular weight excluding hydrogens is 456 g/mol. The first-order valence-electron chi connectivity index (χ1n) is 7.16. The fourth-order valence-corrected chi connectivity index (χ4v) is 3.40. The number of halogens is 2. The zero-order valence-corrected chi connectivity index (χ0v) is 16.8. The molecule has 0 aliphatic rings. The van der Waals surface area contributed by atoms with E-state index >= 15 is 0 Å². The smallest absolute Gasteiger partial charge is 0.277 e. The fraction of sp³-hybridized carbons (Fsp3) is 0.176. The van der Waals surface area contributed by atoms with Crippen molar-refractivity contribution in [3.05, 3.63) is 50.9 Å². The number of hydrazone groups is 1. The Morgan fingerprint density at radius 2 is 1.88 bits per heavy atom. The number of methoxy groups -OCH3 is 2. The summed E-state index contributed by atoms with van der Waals surface area (Å²) in [7, 11) is 3.10. The number of para-hydroxylation sites is 2. The molecule has 0 saturated heterocycles. The molecule has 1 amide bonds. The van der Waals surface area contributed by atoms with Crippen LogP contribution in [0.15, 0.2) is 50.4 Å². The van der Waals surface area contributed by atoms with Crippen LogP contribution in [0.2, 0.25) is 0 Å². The summed E-state index contributed by atoms with van der Waals surface area (Å²) in [5.41, 5.74) is 3.11. The van der Waals surface area contributed by atoms with Gasteiger partial charge in [-0.25, -0.2) is 5.43 Å². The summed E-state index contributed by atoms with van der Waals surface area (Å²) in [6.07, 6.45) is 1.50. The fourth-order valence-electron chi connectivity index (χ4n) is 1.98. The lowest BCUT2D eigenvalue weighted by molar-refractivity contribution is -0.123. The number of ether oxygens (including phenoxy) is 3. The van der Waals surface area contributed by atoms with Crippen LogP contribution in [0.3, 0.4) is 0 Å². The van der Waals surface area contributed by atoms with Gasteiger partial charge in [0.2, 0.25) is 0 Å². The van der Waals surface area contributed by atoms with Crippen LogP contribution >= 0.6 is 31.9 Å². The van der Waals surface area contributed by atoms with Crippen molar-refractivity contribution >= 4 is 44.0 Å². The number of nitrogens with one attached hydrogen (secondary N) is 1. The van der Waals surface area contributed by atoms with E-state index in [1.54, 1.807) is 25.3 Å². The van der Waals surface area contributed by atoms with Crippen LogP contribution in [0.4, 0.5) is 0 Å². The topological polar surface area (TPSA) is 69.2 Å². The highest BCUT2D eigenvalue weighted by Gasteiger charge is 2.08. The molecule has 25 heavy (non-hydrogen) atoms. The number of benzene rings is 2. The predicted molar refractivity (Wildman–Crippen MR) is 103 cm³/mol. The first-order valence-corrected chi connectivity index (χ1v) is 8.74. The number of hydrogen-bond acceptors (Lipinski definition) is 5. The lowest BCUT2D eigenvalue weighted by Crippen LogP contribution is -2.24. The van der Waals surface area contributed by atoms with Crippen LogP contribution in [0, 0.1) is 0 Å².